The van der Waals surface area contributed by atoms with E-state index >= 15 is 0 Å². The van der Waals surface area contributed by atoms with Crippen molar-refractivity contribution in [2.75, 3.05) is 18.4 Å². The maximum Gasteiger partial charge on any atom is 0.0705 e. The minimum absolute atomic E-state index is 1.01. The summed E-state index contributed by atoms with van der Waals surface area (Å²) >= 11 is 3.55. The van der Waals surface area contributed by atoms with Gasteiger partial charge in [0.15, 0.2) is 0 Å². The molecule has 0 radical (unpaired) electrons. The predicted molar refractivity (Wildman–Crippen MR) is 85.7 cm³/mol. The molecule has 0 saturated carbocycles. The third-order valence-corrected chi connectivity index (χ3v) is 3.72. The lowest BCUT2D eigenvalue weighted by atomic mass is 10.1. The molecule has 0 spiro atoms. The molecule has 19 heavy (non-hydrogen) atoms. The first-order chi connectivity index (χ1) is 9.35. The van der Waals surface area contributed by atoms with Crippen LogP contribution in [0.3, 0.4) is 0 Å². The van der Waals surface area contributed by atoms with Gasteiger partial charge >= 0.3 is 0 Å². The number of hydrogen-bond donors (Lipinski definition) is 0. The largest absolute Gasteiger partial charge is 0.298 e. The average Bonchev–Trinajstić information content (AvgIpc) is 2.45. The van der Waals surface area contributed by atoms with Gasteiger partial charge in [-0.2, -0.15) is 0 Å². The van der Waals surface area contributed by atoms with Crippen LogP contribution in [0.2, 0.25) is 0 Å². The van der Waals surface area contributed by atoms with Crippen LogP contribution in [0.25, 0.3) is 10.9 Å². The summed E-state index contributed by atoms with van der Waals surface area (Å²) in [5.41, 5.74) is 2.47. The van der Waals surface area contributed by atoms with Gasteiger partial charge in [0, 0.05) is 30.0 Å². The van der Waals surface area contributed by atoms with Gasteiger partial charge < -0.3 is 0 Å². The second-order valence-corrected chi connectivity index (χ2v) is 5.60. The Balaban J connectivity index is 2.18. The van der Waals surface area contributed by atoms with E-state index in [0.717, 1.165) is 23.9 Å². The normalized spacial score (nSPS) is 11.3. The average molecular weight is 321 g/mol. The van der Waals surface area contributed by atoms with E-state index in [1.807, 2.05) is 12.3 Å². The van der Waals surface area contributed by atoms with E-state index in [-0.39, 0.29) is 0 Å². The molecule has 1 aromatic carbocycles. The summed E-state index contributed by atoms with van der Waals surface area (Å²) in [5.74, 6) is 0. The summed E-state index contributed by atoms with van der Waals surface area (Å²) in [7, 11) is 0. The van der Waals surface area contributed by atoms with Crippen LogP contribution in [0.1, 0.15) is 25.3 Å². The molecule has 1 aromatic heterocycles. The monoisotopic (exact) mass is 320 g/mol. The molecule has 2 rings (SSSR count). The number of unbranched alkanes of at least 4 members (excludes halogenated alkanes) is 1. The van der Waals surface area contributed by atoms with Crippen molar-refractivity contribution in [3.8, 4) is 0 Å². The topological polar surface area (TPSA) is 16.1 Å². The van der Waals surface area contributed by atoms with E-state index < -0.39 is 0 Å². The molecule has 0 unspecified atom stereocenters. The van der Waals surface area contributed by atoms with E-state index in [9.17, 15) is 0 Å². The van der Waals surface area contributed by atoms with E-state index in [1.165, 1.54) is 30.3 Å². The van der Waals surface area contributed by atoms with Crippen LogP contribution in [0, 0.1) is 0 Å². The molecule has 0 saturated heterocycles. The van der Waals surface area contributed by atoms with Crippen molar-refractivity contribution in [1.82, 2.24) is 9.88 Å². The standard InChI is InChI=1S/C16H21BrN2/c1-2-3-11-19(12-9-17)13-14-8-10-18-16-7-5-4-6-15(14)16/h4-8,10H,2-3,9,11-13H2,1H3. The maximum atomic E-state index is 4.43. The van der Waals surface area contributed by atoms with Gasteiger partial charge in [-0.3, -0.25) is 9.88 Å². The Hall–Kier alpha value is -0.930. The fourth-order valence-electron chi connectivity index (χ4n) is 2.31. The van der Waals surface area contributed by atoms with Crippen molar-refractivity contribution >= 4 is 26.8 Å². The quantitative estimate of drug-likeness (QED) is 0.710. The third-order valence-electron chi connectivity index (χ3n) is 3.36. The molecule has 0 N–H and O–H groups in total. The van der Waals surface area contributed by atoms with Gasteiger partial charge in [-0.15, -0.1) is 0 Å². The van der Waals surface area contributed by atoms with Crippen LogP contribution < -0.4 is 0 Å². The number of halogens is 1. The molecular formula is C16H21BrN2. The first-order valence-corrected chi connectivity index (χ1v) is 8.08. The molecule has 3 heteroatoms. The van der Waals surface area contributed by atoms with Gasteiger partial charge in [-0.1, -0.05) is 47.5 Å². The highest BCUT2D eigenvalue weighted by atomic mass is 79.9. The smallest absolute Gasteiger partial charge is 0.0705 e. The molecule has 2 aromatic rings. The summed E-state index contributed by atoms with van der Waals surface area (Å²) in [6.07, 6.45) is 4.43. The zero-order chi connectivity index (χ0) is 13.5. The van der Waals surface area contributed by atoms with Crippen LogP contribution in [-0.2, 0) is 6.54 Å². The molecule has 0 aliphatic rings. The van der Waals surface area contributed by atoms with Crippen LogP contribution in [0.5, 0.6) is 0 Å². The Morgan fingerprint density at radius 2 is 2.00 bits per heavy atom. The van der Waals surface area contributed by atoms with Gasteiger partial charge in [0.05, 0.1) is 5.52 Å². The summed E-state index contributed by atoms with van der Waals surface area (Å²) in [5, 5.41) is 2.31. The summed E-state index contributed by atoms with van der Waals surface area (Å²) in [6.45, 7) is 5.51. The van der Waals surface area contributed by atoms with Crippen LogP contribution in [-0.4, -0.2) is 28.3 Å². The zero-order valence-corrected chi connectivity index (χ0v) is 13.1. The van der Waals surface area contributed by atoms with Gasteiger partial charge in [-0.05, 0) is 30.7 Å². The first kappa shape index (κ1) is 14.5. The van der Waals surface area contributed by atoms with Crippen molar-refractivity contribution in [1.29, 1.82) is 0 Å². The van der Waals surface area contributed by atoms with Gasteiger partial charge in [0.2, 0.25) is 0 Å². The lowest BCUT2D eigenvalue weighted by molar-refractivity contribution is 0.279. The molecule has 0 fully saturated rings. The van der Waals surface area contributed by atoms with Crippen LogP contribution in [0.4, 0.5) is 0 Å². The number of hydrogen-bond acceptors (Lipinski definition) is 2. The van der Waals surface area contributed by atoms with Gasteiger partial charge in [0.1, 0.15) is 0 Å². The van der Waals surface area contributed by atoms with E-state index in [1.54, 1.807) is 0 Å². The number of pyridine rings is 1. The van der Waals surface area contributed by atoms with Crippen molar-refractivity contribution in [3.05, 3.63) is 42.1 Å². The number of benzene rings is 1. The molecule has 0 aliphatic carbocycles. The first-order valence-electron chi connectivity index (χ1n) is 6.96. The Morgan fingerprint density at radius 1 is 1.16 bits per heavy atom. The fraction of sp³-hybridized carbons (Fsp3) is 0.438. The number of alkyl halides is 1. The highest BCUT2D eigenvalue weighted by Gasteiger charge is 2.07. The Kier molecular flexibility index (Phi) is 5.80. The second kappa shape index (κ2) is 7.61. The number of aromatic nitrogens is 1. The highest BCUT2D eigenvalue weighted by molar-refractivity contribution is 9.09. The lowest BCUT2D eigenvalue weighted by Gasteiger charge is -2.21. The minimum Gasteiger partial charge on any atom is -0.298 e. The molecular weight excluding hydrogens is 300 g/mol. The van der Waals surface area contributed by atoms with Gasteiger partial charge in [0.25, 0.3) is 0 Å². The molecule has 0 atom stereocenters. The Labute approximate surface area is 124 Å². The van der Waals surface area contributed by atoms with E-state index in [0.29, 0.717) is 0 Å². The number of fused-ring (bicyclic) bond motifs is 1. The molecule has 2 nitrogen and oxygen atoms in total. The lowest BCUT2D eigenvalue weighted by Crippen LogP contribution is -2.26. The fourth-order valence-corrected chi connectivity index (χ4v) is 2.81. The van der Waals surface area contributed by atoms with Crippen LogP contribution >= 0.6 is 15.9 Å². The number of rotatable bonds is 7. The maximum absolute atomic E-state index is 4.43. The summed E-state index contributed by atoms with van der Waals surface area (Å²) < 4.78 is 0. The molecule has 0 amide bonds. The van der Waals surface area contributed by atoms with Crippen molar-refractivity contribution < 1.29 is 0 Å². The van der Waals surface area contributed by atoms with Gasteiger partial charge in [-0.25, -0.2) is 0 Å². The Morgan fingerprint density at radius 3 is 2.79 bits per heavy atom. The van der Waals surface area contributed by atoms with E-state index in [4.69, 9.17) is 0 Å². The second-order valence-electron chi connectivity index (χ2n) is 4.81. The summed E-state index contributed by atoms with van der Waals surface area (Å²) in [6, 6.07) is 10.5. The SMILES string of the molecule is CCCCN(CCBr)Cc1ccnc2ccccc12. The van der Waals surface area contributed by atoms with Crippen molar-refractivity contribution in [3.63, 3.8) is 0 Å². The predicted octanol–water partition coefficient (Wildman–Crippen LogP) is 4.23. The number of nitrogens with zero attached hydrogens (tertiary/aromatic N) is 2. The van der Waals surface area contributed by atoms with Crippen molar-refractivity contribution in [2.24, 2.45) is 0 Å². The highest BCUT2D eigenvalue weighted by Crippen LogP contribution is 2.18. The third kappa shape index (κ3) is 4.02. The molecule has 1 heterocycles. The zero-order valence-electron chi connectivity index (χ0n) is 11.5. The number of para-hydroxylation sites is 1. The summed E-state index contributed by atoms with van der Waals surface area (Å²) in [4.78, 5) is 6.94. The minimum atomic E-state index is 1.01. The van der Waals surface area contributed by atoms with Crippen molar-refractivity contribution in [2.45, 2.75) is 26.3 Å². The molecule has 0 aliphatic heterocycles. The van der Waals surface area contributed by atoms with Crippen LogP contribution in [0.15, 0.2) is 36.5 Å². The Bertz CT molecular complexity index is 508. The van der Waals surface area contributed by atoms with E-state index in [2.05, 4.69) is 57.0 Å². The molecule has 0 bridgehead atoms. The molecule has 102 valence electrons.